The summed E-state index contributed by atoms with van der Waals surface area (Å²) in [7, 11) is 0. The fourth-order valence-electron chi connectivity index (χ4n) is 3.51. The van der Waals surface area contributed by atoms with Gasteiger partial charge >= 0.3 is 0 Å². The topological polar surface area (TPSA) is 26.3 Å². The van der Waals surface area contributed by atoms with Gasteiger partial charge in [0.15, 0.2) is 11.5 Å². The molecule has 5 aromatic rings. The zero-order chi connectivity index (χ0) is 17.7. The lowest BCUT2D eigenvalue weighted by Crippen LogP contribution is -1.78. The molecular formula is C24H16O2. The number of fused-ring (bicyclic) bond motifs is 4. The molecule has 0 N–H and O–H groups in total. The maximum absolute atomic E-state index is 6.07. The summed E-state index contributed by atoms with van der Waals surface area (Å²) in [6, 6.07) is 20.5. The normalized spacial score (nSPS) is 11.4. The van der Waals surface area contributed by atoms with Crippen LogP contribution in [0.5, 0.6) is 0 Å². The first-order chi connectivity index (χ1) is 12.8. The largest absolute Gasteiger partial charge is 0.453 e. The third-order valence-corrected chi connectivity index (χ3v) is 4.83. The minimum absolute atomic E-state index is 0.719. The van der Waals surface area contributed by atoms with Gasteiger partial charge in [-0.15, -0.1) is 0 Å². The molecule has 5 rings (SSSR count). The van der Waals surface area contributed by atoms with Crippen molar-refractivity contribution in [3.63, 3.8) is 0 Å². The van der Waals surface area contributed by atoms with Gasteiger partial charge in [-0.1, -0.05) is 55.6 Å². The number of hydrogen-bond acceptors (Lipinski definition) is 2. The van der Waals surface area contributed by atoms with Crippen molar-refractivity contribution < 1.29 is 8.83 Å². The minimum atomic E-state index is 0.719. The first kappa shape index (κ1) is 14.8. The maximum Gasteiger partial charge on any atom is 0.170 e. The molecule has 0 saturated carbocycles. The van der Waals surface area contributed by atoms with Crippen molar-refractivity contribution in [1.82, 2.24) is 0 Å². The van der Waals surface area contributed by atoms with Crippen LogP contribution in [0.25, 0.3) is 56.4 Å². The second-order valence-corrected chi connectivity index (χ2v) is 6.35. The number of furan rings is 2. The molecule has 0 radical (unpaired) electrons. The highest BCUT2D eigenvalue weighted by Gasteiger charge is 2.14. The number of rotatable bonds is 3. The van der Waals surface area contributed by atoms with Crippen molar-refractivity contribution in [2.45, 2.75) is 0 Å². The van der Waals surface area contributed by atoms with E-state index >= 15 is 0 Å². The average Bonchev–Trinajstić information content (AvgIpc) is 3.30. The van der Waals surface area contributed by atoms with E-state index in [2.05, 4.69) is 43.5 Å². The Balaban J connectivity index is 1.73. The van der Waals surface area contributed by atoms with Crippen molar-refractivity contribution in [1.29, 1.82) is 0 Å². The Hall–Kier alpha value is -3.52. The van der Waals surface area contributed by atoms with E-state index in [0.717, 1.165) is 44.6 Å². The zero-order valence-corrected chi connectivity index (χ0v) is 14.2. The van der Waals surface area contributed by atoms with Gasteiger partial charge in [-0.2, -0.15) is 0 Å². The van der Waals surface area contributed by atoms with Crippen molar-refractivity contribution in [2.75, 3.05) is 0 Å². The molecule has 0 unspecified atom stereocenters. The van der Waals surface area contributed by atoms with Crippen molar-refractivity contribution in [3.05, 3.63) is 84.9 Å². The molecule has 2 nitrogen and oxygen atoms in total. The van der Waals surface area contributed by atoms with E-state index in [1.165, 1.54) is 10.8 Å². The monoisotopic (exact) mass is 336 g/mol. The molecule has 0 bridgehead atoms. The van der Waals surface area contributed by atoms with Gasteiger partial charge < -0.3 is 8.83 Å². The van der Waals surface area contributed by atoms with Gasteiger partial charge in [0.2, 0.25) is 0 Å². The van der Waals surface area contributed by atoms with Crippen LogP contribution >= 0.6 is 0 Å². The third-order valence-electron chi connectivity index (χ3n) is 4.83. The molecule has 0 aliphatic heterocycles. The number of benzene rings is 3. The Bertz CT molecular complexity index is 1270. The smallest absolute Gasteiger partial charge is 0.170 e. The summed E-state index contributed by atoms with van der Waals surface area (Å²) in [5.74, 6) is 1.45. The summed E-state index contributed by atoms with van der Waals surface area (Å²) < 4.78 is 12.1. The molecule has 2 heteroatoms. The molecular weight excluding hydrogens is 320 g/mol. The Morgan fingerprint density at radius 1 is 0.615 bits per heavy atom. The predicted octanol–water partition coefficient (Wildman–Crippen LogP) is 7.29. The Morgan fingerprint density at radius 3 is 2.19 bits per heavy atom. The molecule has 0 amide bonds. The predicted molar refractivity (Wildman–Crippen MR) is 109 cm³/mol. The molecule has 26 heavy (non-hydrogen) atoms. The first-order valence-corrected chi connectivity index (χ1v) is 8.51. The van der Waals surface area contributed by atoms with Gasteiger partial charge in [0.1, 0.15) is 11.2 Å². The van der Waals surface area contributed by atoms with Gasteiger partial charge in [-0.05, 0) is 52.2 Å². The van der Waals surface area contributed by atoms with Gasteiger partial charge in [0, 0.05) is 10.8 Å². The maximum atomic E-state index is 6.07. The first-order valence-electron chi connectivity index (χ1n) is 8.51. The molecule has 2 heterocycles. The quantitative estimate of drug-likeness (QED) is 0.346. The van der Waals surface area contributed by atoms with Gasteiger partial charge in [0.05, 0.1) is 0 Å². The van der Waals surface area contributed by atoms with Crippen molar-refractivity contribution in [3.8, 4) is 11.5 Å². The van der Waals surface area contributed by atoms with E-state index in [-0.39, 0.29) is 0 Å². The Morgan fingerprint density at radius 2 is 1.35 bits per heavy atom. The highest BCUT2D eigenvalue weighted by atomic mass is 16.4. The molecule has 3 aromatic carbocycles. The molecule has 0 fully saturated rings. The minimum Gasteiger partial charge on any atom is -0.453 e. The lowest BCUT2D eigenvalue weighted by molar-refractivity contribution is 0.569. The second-order valence-electron chi connectivity index (χ2n) is 6.35. The van der Waals surface area contributed by atoms with Gasteiger partial charge in [-0.3, -0.25) is 0 Å². The summed E-state index contributed by atoms with van der Waals surface area (Å²) in [6.07, 6.45) is 3.64. The van der Waals surface area contributed by atoms with E-state index in [9.17, 15) is 0 Å². The van der Waals surface area contributed by atoms with Crippen molar-refractivity contribution in [2.24, 2.45) is 0 Å². The molecule has 0 saturated heterocycles. The summed E-state index contributed by atoms with van der Waals surface area (Å²) in [5, 5.41) is 4.49. The summed E-state index contributed by atoms with van der Waals surface area (Å²) >= 11 is 0. The molecule has 0 spiro atoms. The van der Waals surface area contributed by atoms with Crippen LogP contribution in [-0.2, 0) is 0 Å². The Kier molecular flexibility index (Phi) is 3.13. The highest BCUT2D eigenvalue weighted by molar-refractivity contribution is 6.07. The van der Waals surface area contributed by atoms with Crippen LogP contribution in [0.15, 0.2) is 82.7 Å². The zero-order valence-electron chi connectivity index (χ0n) is 14.2. The summed E-state index contributed by atoms with van der Waals surface area (Å²) in [4.78, 5) is 0. The van der Waals surface area contributed by atoms with E-state index in [4.69, 9.17) is 8.83 Å². The van der Waals surface area contributed by atoms with E-state index in [1.807, 2.05) is 42.5 Å². The van der Waals surface area contributed by atoms with E-state index < -0.39 is 0 Å². The Labute approximate surface area is 150 Å². The standard InChI is InChI=1S/C24H16O2/c1-3-15-11-18-13-23(26-22(18)12-16(15)4-2)24-14-20-19-8-6-5-7-17(19)9-10-21(20)25-24/h3-14H,1-2H2. The molecule has 0 aliphatic carbocycles. The molecule has 0 aliphatic rings. The highest BCUT2D eigenvalue weighted by Crippen LogP contribution is 2.36. The third kappa shape index (κ3) is 2.12. The van der Waals surface area contributed by atoms with Crippen LogP contribution in [-0.4, -0.2) is 0 Å². The van der Waals surface area contributed by atoms with Crippen LogP contribution < -0.4 is 0 Å². The van der Waals surface area contributed by atoms with Crippen LogP contribution in [0.3, 0.4) is 0 Å². The van der Waals surface area contributed by atoms with Gasteiger partial charge in [-0.25, -0.2) is 0 Å². The lowest BCUT2D eigenvalue weighted by atomic mass is 10.0. The summed E-state index contributed by atoms with van der Waals surface area (Å²) in [5.41, 5.74) is 3.71. The average molecular weight is 336 g/mol. The van der Waals surface area contributed by atoms with Gasteiger partial charge in [0.25, 0.3) is 0 Å². The fourth-order valence-corrected chi connectivity index (χ4v) is 3.51. The van der Waals surface area contributed by atoms with Crippen molar-refractivity contribution >= 4 is 44.9 Å². The van der Waals surface area contributed by atoms with Crippen LogP contribution in [0, 0.1) is 0 Å². The molecule has 0 atom stereocenters. The van der Waals surface area contributed by atoms with Crippen LogP contribution in [0.1, 0.15) is 11.1 Å². The van der Waals surface area contributed by atoms with E-state index in [1.54, 1.807) is 0 Å². The van der Waals surface area contributed by atoms with Crippen LogP contribution in [0.4, 0.5) is 0 Å². The fraction of sp³-hybridized carbons (Fsp3) is 0. The molecule has 2 aromatic heterocycles. The summed E-state index contributed by atoms with van der Waals surface area (Å²) in [6.45, 7) is 7.73. The lowest BCUT2D eigenvalue weighted by Gasteiger charge is -1.99. The second kappa shape index (κ2) is 5.50. The molecule has 124 valence electrons. The SMILES string of the molecule is C=Cc1cc2cc(-c3cc4c(ccc5ccccc54)o3)oc2cc1C=C. The van der Waals surface area contributed by atoms with Crippen LogP contribution in [0.2, 0.25) is 0 Å². The van der Waals surface area contributed by atoms with E-state index in [0.29, 0.717) is 0 Å². The number of hydrogen-bond donors (Lipinski definition) is 0.